The number of thioether (sulfide) groups is 1. The van der Waals surface area contributed by atoms with Crippen LogP contribution in [0.4, 0.5) is 0 Å². The van der Waals surface area contributed by atoms with Gasteiger partial charge in [0.05, 0.1) is 23.9 Å². The maximum Gasteiger partial charge on any atom is 0.211 e. The van der Waals surface area contributed by atoms with E-state index in [2.05, 4.69) is 30.1 Å². The molecule has 0 radical (unpaired) electrons. The first-order valence-electron chi connectivity index (χ1n) is 8.07. The first-order chi connectivity index (χ1) is 12.8. The number of hydrogen-bond donors (Lipinski definition) is 2. The lowest BCUT2D eigenvalue weighted by molar-refractivity contribution is 0.415. The van der Waals surface area contributed by atoms with E-state index >= 15 is 0 Å². The molecular weight excluding hydrogens is 348 g/mol. The molecule has 0 fully saturated rings. The van der Waals surface area contributed by atoms with Gasteiger partial charge >= 0.3 is 0 Å². The average molecular weight is 362 g/mol. The molecule has 2 N–H and O–H groups in total. The van der Waals surface area contributed by atoms with Gasteiger partial charge in [-0.15, -0.1) is 10.2 Å². The largest absolute Gasteiger partial charge is 0.497 e. The van der Waals surface area contributed by atoms with Crippen molar-refractivity contribution < 1.29 is 4.74 Å². The Balaban J connectivity index is 1.44. The molecule has 0 aliphatic carbocycles. The summed E-state index contributed by atoms with van der Waals surface area (Å²) in [5, 5.41) is 10.2. The van der Waals surface area contributed by atoms with Gasteiger partial charge in [0.15, 0.2) is 5.65 Å². The second-order valence-electron chi connectivity index (χ2n) is 5.82. The van der Waals surface area contributed by atoms with Crippen LogP contribution < -0.4 is 4.74 Å². The van der Waals surface area contributed by atoms with Crippen molar-refractivity contribution in [1.29, 1.82) is 0 Å². The molecule has 2 aromatic carbocycles. The molecule has 5 aromatic rings. The fourth-order valence-corrected chi connectivity index (χ4v) is 3.59. The van der Waals surface area contributed by atoms with Crippen LogP contribution in [0.2, 0.25) is 0 Å². The van der Waals surface area contributed by atoms with Crippen LogP contribution in [0.5, 0.6) is 5.75 Å². The number of benzene rings is 2. The zero-order chi connectivity index (χ0) is 17.5. The highest BCUT2D eigenvalue weighted by molar-refractivity contribution is 7.98. The van der Waals surface area contributed by atoms with Gasteiger partial charge in [-0.05, 0) is 30.3 Å². The summed E-state index contributed by atoms with van der Waals surface area (Å²) in [4.78, 5) is 15.7. The van der Waals surface area contributed by atoms with E-state index in [4.69, 9.17) is 4.74 Å². The smallest absolute Gasteiger partial charge is 0.211 e. The number of aromatic nitrogens is 6. The van der Waals surface area contributed by atoms with Gasteiger partial charge in [-0.25, -0.2) is 9.97 Å². The van der Waals surface area contributed by atoms with E-state index in [1.807, 2.05) is 42.5 Å². The van der Waals surface area contributed by atoms with E-state index in [-0.39, 0.29) is 0 Å². The molecular formula is C18H14N6OS. The molecule has 0 aliphatic heterocycles. The predicted octanol–water partition coefficient (Wildman–Crippen LogP) is 3.68. The maximum absolute atomic E-state index is 5.28. The van der Waals surface area contributed by atoms with Crippen molar-refractivity contribution in [2.24, 2.45) is 0 Å². The van der Waals surface area contributed by atoms with Crippen molar-refractivity contribution in [3.8, 4) is 5.75 Å². The molecule has 8 heteroatoms. The molecule has 0 aliphatic rings. The summed E-state index contributed by atoms with van der Waals surface area (Å²) in [6.45, 7) is 0. The van der Waals surface area contributed by atoms with Crippen molar-refractivity contribution in [3.05, 3.63) is 48.3 Å². The summed E-state index contributed by atoms with van der Waals surface area (Å²) in [5.74, 6) is 2.32. The number of fused-ring (bicyclic) bond motifs is 4. The second-order valence-corrected chi connectivity index (χ2v) is 6.76. The molecule has 0 spiro atoms. The fourth-order valence-electron chi connectivity index (χ4n) is 2.93. The van der Waals surface area contributed by atoms with Crippen LogP contribution in [0.3, 0.4) is 0 Å². The molecule has 26 heavy (non-hydrogen) atoms. The van der Waals surface area contributed by atoms with Gasteiger partial charge in [-0.3, -0.25) is 0 Å². The van der Waals surface area contributed by atoms with Crippen LogP contribution in [-0.4, -0.2) is 37.2 Å². The summed E-state index contributed by atoms with van der Waals surface area (Å²) >= 11 is 1.50. The standard InChI is InChI=1S/C18H14N6OS/c1-25-10-6-7-12-11(8-10)16-17(21-12)22-18(24-23-16)26-9-15-19-13-4-2-3-5-14(13)20-15/h2-8H,9H2,1H3,(H,19,20)(H,21,22,24). The van der Waals surface area contributed by atoms with E-state index in [1.54, 1.807) is 7.11 Å². The molecule has 0 bridgehead atoms. The third-order valence-electron chi connectivity index (χ3n) is 4.18. The molecule has 3 aromatic heterocycles. The van der Waals surface area contributed by atoms with E-state index in [0.29, 0.717) is 10.9 Å². The maximum atomic E-state index is 5.28. The third kappa shape index (κ3) is 2.55. The van der Waals surface area contributed by atoms with Gasteiger partial charge in [0, 0.05) is 10.9 Å². The van der Waals surface area contributed by atoms with Crippen LogP contribution in [-0.2, 0) is 5.75 Å². The van der Waals surface area contributed by atoms with Gasteiger partial charge in [0.2, 0.25) is 5.16 Å². The Morgan fingerprint density at radius 1 is 1.00 bits per heavy atom. The van der Waals surface area contributed by atoms with Crippen LogP contribution in [0.1, 0.15) is 5.82 Å². The average Bonchev–Trinajstić information content (AvgIpc) is 3.26. The molecule has 128 valence electrons. The van der Waals surface area contributed by atoms with Crippen molar-refractivity contribution in [1.82, 2.24) is 30.1 Å². The Morgan fingerprint density at radius 3 is 2.81 bits per heavy atom. The molecule has 0 unspecified atom stereocenters. The number of H-pyrrole nitrogens is 2. The van der Waals surface area contributed by atoms with E-state index in [0.717, 1.165) is 44.7 Å². The molecule has 3 heterocycles. The topological polar surface area (TPSA) is 92.4 Å². The SMILES string of the molecule is COc1ccc2[nH]c3nc(SCc4nc5ccccc5[nH]4)nnc3c2c1. The third-order valence-corrected chi connectivity index (χ3v) is 5.03. The van der Waals surface area contributed by atoms with E-state index in [1.165, 1.54) is 11.8 Å². The van der Waals surface area contributed by atoms with Gasteiger partial charge in [-0.1, -0.05) is 23.9 Å². The number of para-hydroxylation sites is 2. The lowest BCUT2D eigenvalue weighted by Gasteiger charge is -1.98. The molecule has 7 nitrogen and oxygen atoms in total. The highest BCUT2D eigenvalue weighted by Gasteiger charge is 2.11. The van der Waals surface area contributed by atoms with Crippen LogP contribution >= 0.6 is 11.8 Å². The number of hydrogen-bond acceptors (Lipinski definition) is 6. The number of ether oxygens (including phenoxy) is 1. The van der Waals surface area contributed by atoms with E-state index < -0.39 is 0 Å². The Labute approximate surface area is 152 Å². The fraction of sp³-hybridized carbons (Fsp3) is 0.111. The minimum Gasteiger partial charge on any atom is -0.497 e. The lowest BCUT2D eigenvalue weighted by atomic mass is 10.2. The van der Waals surface area contributed by atoms with Gasteiger partial charge in [-0.2, -0.15) is 0 Å². The summed E-state index contributed by atoms with van der Waals surface area (Å²) in [6, 6.07) is 13.8. The van der Waals surface area contributed by atoms with Crippen LogP contribution in [0.15, 0.2) is 47.6 Å². The minimum absolute atomic E-state index is 0.608. The number of imidazole rings is 1. The molecule has 0 saturated heterocycles. The van der Waals surface area contributed by atoms with Crippen molar-refractivity contribution in [2.75, 3.05) is 7.11 Å². The number of rotatable bonds is 4. The first kappa shape index (κ1) is 15.2. The highest BCUT2D eigenvalue weighted by Crippen LogP contribution is 2.27. The number of aromatic amines is 2. The van der Waals surface area contributed by atoms with Crippen LogP contribution in [0, 0.1) is 0 Å². The molecule has 0 saturated carbocycles. The van der Waals surface area contributed by atoms with Crippen molar-refractivity contribution in [2.45, 2.75) is 10.9 Å². The lowest BCUT2D eigenvalue weighted by Crippen LogP contribution is -1.92. The van der Waals surface area contributed by atoms with Gasteiger partial charge < -0.3 is 14.7 Å². The molecule has 0 amide bonds. The van der Waals surface area contributed by atoms with Crippen LogP contribution in [0.25, 0.3) is 33.1 Å². The predicted molar refractivity (Wildman–Crippen MR) is 101 cm³/mol. The highest BCUT2D eigenvalue weighted by atomic mass is 32.2. The quantitative estimate of drug-likeness (QED) is 0.474. The number of nitrogens with one attached hydrogen (secondary N) is 2. The summed E-state index contributed by atoms with van der Waals surface area (Å²) in [6.07, 6.45) is 0. The zero-order valence-corrected chi connectivity index (χ0v) is 14.7. The van der Waals surface area contributed by atoms with E-state index in [9.17, 15) is 0 Å². The Kier molecular flexibility index (Phi) is 3.49. The Morgan fingerprint density at radius 2 is 1.92 bits per heavy atom. The number of methoxy groups -OCH3 is 1. The first-order valence-corrected chi connectivity index (χ1v) is 9.05. The summed E-state index contributed by atoms with van der Waals surface area (Å²) in [7, 11) is 1.65. The Hall–Kier alpha value is -3.13. The summed E-state index contributed by atoms with van der Waals surface area (Å²) in [5.41, 5.74) is 4.41. The van der Waals surface area contributed by atoms with Crippen molar-refractivity contribution in [3.63, 3.8) is 0 Å². The normalized spacial score (nSPS) is 11.6. The minimum atomic E-state index is 0.608. The molecule has 0 atom stereocenters. The Bertz CT molecular complexity index is 1210. The van der Waals surface area contributed by atoms with Gasteiger partial charge in [0.1, 0.15) is 17.1 Å². The second kappa shape index (κ2) is 5.99. The monoisotopic (exact) mass is 362 g/mol. The molecule has 5 rings (SSSR count). The summed E-state index contributed by atoms with van der Waals surface area (Å²) < 4.78 is 5.28. The number of nitrogens with zero attached hydrogens (tertiary/aromatic N) is 4. The van der Waals surface area contributed by atoms with Gasteiger partial charge in [0.25, 0.3) is 0 Å². The van der Waals surface area contributed by atoms with Crippen molar-refractivity contribution >= 4 is 44.9 Å². The zero-order valence-electron chi connectivity index (χ0n) is 13.9.